The number of rotatable bonds is 22. The smallest absolute Gasteiger partial charge is 0.322 e. The Bertz CT molecular complexity index is 1000. The fourth-order valence-corrected chi connectivity index (χ4v) is 5.40. The highest BCUT2D eigenvalue weighted by Gasteiger charge is 2.25. The quantitative estimate of drug-likeness (QED) is 0.126. The van der Waals surface area contributed by atoms with Crippen LogP contribution in [0.3, 0.4) is 0 Å². The second kappa shape index (κ2) is 19.0. The second-order valence-corrected chi connectivity index (χ2v) is 11.1. The Hall–Kier alpha value is -3.12. The van der Waals surface area contributed by atoms with Crippen molar-refractivity contribution in [2.24, 2.45) is 11.7 Å². The first-order valence-electron chi connectivity index (χ1n) is 13.5. The normalized spacial score (nSPS) is 13.2. The number of hydrogen-bond donors (Lipinski definition) is 5. The Labute approximate surface area is 239 Å². The van der Waals surface area contributed by atoms with Gasteiger partial charge in [0, 0.05) is 36.7 Å². The number of carboxylic acids is 2. The molecule has 0 spiro atoms. The molecule has 40 heavy (non-hydrogen) atoms. The number of aliphatic carboxylic acids is 2. The molecule has 6 N–H and O–H groups in total. The van der Waals surface area contributed by atoms with Crippen molar-refractivity contribution in [2.75, 3.05) is 19.4 Å². The van der Waals surface area contributed by atoms with Crippen molar-refractivity contribution < 1.29 is 44.0 Å². The molecule has 0 saturated heterocycles. The molecular formula is C28H42N2O9S. The van der Waals surface area contributed by atoms with Crippen LogP contribution < -0.4 is 15.8 Å². The summed E-state index contributed by atoms with van der Waals surface area (Å²) in [5.74, 6) is -3.56. The summed E-state index contributed by atoms with van der Waals surface area (Å²) < 4.78 is 5.12. The summed E-state index contributed by atoms with van der Waals surface area (Å²) in [4.78, 5) is 59.9. The van der Waals surface area contributed by atoms with E-state index in [9.17, 15) is 29.1 Å². The molecule has 0 saturated carbocycles. The van der Waals surface area contributed by atoms with Gasteiger partial charge < -0.3 is 31.1 Å². The van der Waals surface area contributed by atoms with Crippen LogP contribution in [0.15, 0.2) is 18.2 Å². The molecule has 0 heterocycles. The van der Waals surface area contributed by atoms with E-state index in [1.165, 1.54) is 24.9 Å². The molecule has 1 amide bonds. The van der Waals surface area contributed by atoms with Gasteiger partial charge in [-0.3, -0.25) is 24.0 Å². The summed E-state index contributed by atoms with van der Waals surface area (Å²) in [5, 5.41) is 29.9. The van der Waals surface area contributed by atoms with Gasteiger partial charge in [-0.2, -0.15) is 11.8 Å². The molecule has 11 nitrogen and oxygen atoms in total. The third-order valence-corrected chi connectivity index (χ3v) is 7.83. The van der Waals surface area contributed by atoms with E-state index >= 15 is 0 Å². The van der Waals surface area contributed by atoms with E-state index in [0.29, 0.717) is 18.6 Å². The molecule has 0 aliphatic carbocycles. The van der Waals surface area contributed by atoms with Gasteiger partial charge in [0.2, 0.25) is 5.91 Å². The van der Waals surface area contributed by atoms with Crippen LogP contribution in [0.2, 0.25) is 0 Å². The summed E-state index contributed by atoms with van der Waals surface area (Å²) in [7, 11) is 1.45. The van der Waals surface area contributed by atoms with Crippen LogP contribution in [0, 0.1) is 5.92 Å². The van der Waals surface area contributed by atoms with Crippen molar-refractivity contribution in [3.63, 3.8) is 0 Å². The molecule has 0 aromatic heterocycles. The summed E-state index contributed by atoms with van der Waals surface area (Å²) in [5.41, 5.74) is 6.33. The number of carboxylic acid groups (broad SMARTS) is 2. The predicted molar refractivity (Wildman–Crippen MR) is 152 cm³/mol. The molecule has 0 aliphatic rings. The standard InChI is InChI=1S/C28H42N2O9S/c1-3-4-5-6-22(15-21(32)9-7-18-8-12-24(33)25(13-18)39-2)40-17-19(27(36)30-16-26(34)35)14-20(31)10-11-23(29)28(37)38/h8,12-13,19,22-23,33H,3-7,9-11,14-17,29H2,1-2H3,(H,30,36)(H,34,35)(H,37,38). The number of phenolic OH excluding ortho intramolecular Hbond substituents is 1. The molecule has 0 fully saturated rings. The molecule has 0 radical (unpaired) electrons. The maximum atomic E-state index is 12.9. The zero-order chi connectivity index (χ0) is 30.1. The number of amides is 1. The number of aromatic hydroxyl groups is 1. The van der Waals surface area contributed by atoms with Crippen LogP contribution in [0.5, 0.6) is 11.5 Å². The average molecular weight is 583 g/mol. The van der Waals surface area contributed by atoms with E-state index in [-0.39, 0.29) is 54.0 Å². The lowest BCUT2D eigenvalue weighted by molar-refractivity contribution is -0.139. The number of nitrogens with one attached hydrogen (secondary N) is 1. The van der Waals surface area contributed by atoms with E-state index < -0.39 is 36.4 Å². The van der Waals surface area contributed by atoms with Gasteiger partial charge in [0.15, 0.2) is 11.5 Å². The minimum absolute atomic E-state index is 0.0233. The van der Waals surface area contributed by atoms with Crippen molar-refractivity contribution in [3.05, 3.63) is 23.8 Å². The van der Waals surface area contributed by atoms with Gasteiger partial charge in [-0.1, -0.05) is 32.3 Å². The van der Waals surface area contributed by atoms with Gasteiger partial charge in [-0.25, -0.2) is 0 Å². The zero-order valence-electron chi connectivity index (χ0n) is 23.2. The number of carbonyl (C=O) groups is 5. The van der Waals surface area contributed by atoms with Gasteiger partial charge in [0.1, 0.15) is 24.2 Å². The van der Waals surface area contributed by atoms with E-state index in [0.717, 1.165) is 31.2 Å². The summed E-state index contributed by atoms with van der Waals surface area (Å²) in [6, 6.07) is 3.76. The lowest BCUT2D eigenvalue weighted by atomic mass is 9.99. The van der Waals surface area contributed by atoms with E-state index in [4.69, 9.17) is 20.7 Å². The Morgan fingerprint density at radius 1 is 1.02 bits per heavy atom. The number of ketones is 2. The number of unbranched alkanes of at least 4 members (excludes halogenated alkanes) is 2. The molecule has 1 aromatic carbocycles. The predicted octanol–water partition coefficient (Wildman–Crippen LogP) is 2.94. The summed E-state index contributed by atoms with van der Waals surface area (Å²) in [6.07, 6.45) is 4.36. The number of nitrogens with two attached hydrogens (primary N) is 1. The van der Waals surface area contributed by atoms with E-state index in [1.807, 2.05) is 0 Å². The van der Waals surface area contributed by atoms with Gasteiger partial charge in [-0.05, 0) is 37.0 Å². The molecule has 0 aliphatic heterocycles. The molecule has 3 atom stereocenters. The van der Waals surface area contributed by atoms with Crippen LogP contribution in [-0.4, -0.2) is 75.4 Å². The van der Waals surface area contributed by atoms with Crippen LogP contribution in [0.1, 0.15) is 70.3 Å². The van der Waals surface area contributed by atoms with E-state index in [2.05, 4.69) is 12.2 Å². The van der Waals surface area contributed by atoms with Gasteiger partial charge in [0.25, 0.3) is 0 Å². The Morgan fingerprint density at radius 3 is 2.35 bits per heavy atom. The third kappa shape index (κ3) is 14.3. The number of ether oxygens (including phenoxy) is 1. The highest BCUT2D eigenvalue weighted by atomic mass is 32.2. The van der Waals surface area contributed by atoms with Crippen molar-refractivity contribution >= 4 is 41.2 Å². The summed E-state index contributed by atoms with van der Waals surface area (Å²) >= 11 is 1.42. The molecule has 12 heteroatoms. The highest BCUT2D eigenvalue weighted by molar-refractivity contribution is 7.99. The SMILES string of the molecule is CCCCCC(CC(=O)CCc1ccc(O)c(OC)c1)SCC(CC(=O)CCC(N)C(=O)O)C(=O)NCC(=O)O. The Kier molecular flexibility index (Phi) is 16.6. The number of thioether (sulfide) groups is 1. The molecule has 1 aromatic rings. The van der Waals surface area contributed by atoms with Gasteiger partial charge >= 0.3 is 11.9 Å². The largest absolute Gasteiger partial charge is 0.504 e. The Balaban J connectivity index is 2.83. The van der Waals surface area contributed by atoms with Gasteiger partial charge in [0.05, 0.1) is 13.0 Å². The van der Waals surface area contributed by atoms with Crippen LogP contribution in [-0.2, 0) is 30.4 Å². The molecular weight excluding hydrogens is 540 g/mol. The third-order valence-electron chi connectivity index (χ3n) is 6.36. The number of hydrogen-bond acceptors (Lipinski definition) is 9. The van der Waals surface area contributed by atoms with Crippen molar-refractivity contribution in [3.8, 4) is 11.5 Å². The number of Topliss-reactive ketones (excluding diaryl/α,β-unsaturated/α-hetero) is 2. The van der Waals surface area contributed by atoms with Crippen molar-refractivity contribution in [2.45, 2.75) is 82.4 Å². The lowest BCUT2D eigenvalue weighted by Crippen LogP contribution is -2.37. The fourth-order valence-electron chi connectivity index (χ4n) is 3.99. The number of phenols is 1. The average Bonchev–Trinajstić information content (AvgIpc) is 2.91. The zero-order valence-corrected chi connectivity index (χ0v) is 24.0. The van der Waals surface area contributed by atoms with Crippen LogP contribution in [0.25, 0.3) is 0 Å². The Morgan fingerprint density at radius 2 is 1.73 bits per heavy atom. The number of benzene rings is 1. The highest BCUT2D eigenvalue weighted by Crippen LogP contribution is 2.28. The molecule has 0 bridgehead atoms. The van der Waals surface area contributed by atoms with Crippen molar-refractivity contribution in [1.82, 2.24) is 5.32 Å². The first-order valence-corrected chi connectivity index (χ1v) is 14.5. The molecule has 3 unspecified atom stereocenters. The van der Waals surface area contributed by atoms with Crippen molar-refractivity contribution in [1.29, 1.82) is 0 Å². The first-order chi connectivity index (χ1) is 19.0. The first kappa shape index (κ1) is 34.9. The molecule has 1 rings (SSSR count). The van der Waals surface area contributed by atoms with Crippen LogP contribution >= 0.6 is 11.8 Å². The monoisotopic (exact) mass is 582 g/mol. The topological polar surface area (TPSA) is 193 Å². The van der Waals surface area contributed by atoms with Crippen LogP contribution in [0.4, 0.5) is 0 Å². The number of methoxy groups -OCH3 is 1. The second-order valence-electron chi connectivity index (χ2n) is 9.73. The lowest BCUT2D eigenvalue weighted by Gasteiger charge is -2.20. The van der Waals surface area contributed by atoms with Gasteiger partial charge in [-0.15, -0.1) is 0 Å². The number of carbonyl (C=O) groups excluding carboxylic acids is 3. The fraction of sp³-hybridized carbons (Fsp3) is 0.607. The number of aryl methyl sites for hydroxylation is 1. The molecule has 224 valence electrons. The van der Waals surface area contributed by atoms with E-state index in [1.54, 1.807) is 12.1 Å². The minimum atomic E-state index is -1.22. The maximum Gasteiger partial charge on any atom is 0.322 e. The maximum absolute atomic E-state index is 12.9. The summed E-state index contributed by atoms with van der Waals surface area (Å²) in [6.45, 7) is 1.49. The minimum Gasteiger partial charge on any atom is -0.504 e.